The van der Waals surface area contributed by atoms with Crippen molar-refractivity contribution in [2.24, 2.45) is 5.73 Å². The number of ether oxygens (including phenoxy) is 2. The Kier molecular flexibility index (Phi) is 7.36. The van der Waals surface area contributed by atoms with Crippen LogP contribution in [0, 0.1) is 0 Å². The van der Waals surface area contributed by atoms with E-state index in [0.717, 1.165) is 5.56 Å². The zero-order chi connectivity index (χ0) is 15.7. The highest BCUT2D eigenvalue weighted by Gasteiger charge is 2.38. The van der Waals surface area contributed by atoms with Gasteiger partial charge in [0.1, 0.15) is 5.54 Å². The Balaban J connectivity index is 2.75. The molecule has 0 aromatic heterocycles. The summed E-state index contributed by atoms with van der Waals surface area (Å²) in [7, 11) is 0. The van der Waals surface area contributed by atoms with Crippen molar-refractivity contribution in [3.05, 3.63) is 35.9 Å². The molecule has 0 aliphatic heterocycles. The van der Waals surface area contributed by atoms with Crippen molar-refractivity contribution in [3.8, 4) is 0 Å². The third-order valence-electron chi connectivity index (χ3n) is 3.16. The molecule has 5 heteroatoms. The Morgan fingerprint density at radius 3 is 2.48 bits per heavy atom. The number of nitrogens with one attached hydrogen (secondary N) is 1. The molecule has 0 spiro atoms. The number of rotatable bonds is 10. The molecule has 0 bridgehead atoms. The van der Waals surface area contributed by atoms with Crippen LogP contribution in [-0.2, 0) is 19.8 Å². The lowest BCUT2D eigenvalue weighted by Gasteiger charge is -2.31. The normalized spacial score (nSPS) is 14.1. The number of carbonyl (C=O) groups is 1. The van der Waals surface area contributed by atoms with Crippen molar-refractivity contribution in [2.45, 2.75) is 32.4 Å². The maximum Gasteiger partial charge on any atom is 0.244 e. The van der Waals surface area contributed by atoms with Crippen molar-refractivity contribution >= 4 is 5.91 Å². The average Bonchev–Trinajstić information content (AvgIpc) is 2.46. The van der Waals surface area contributed by atoms with E-state index < -0.39 is 11.4 Å². The first kappa shape index (κ1) is 17.6. The lowest BCUT2D eigenvalue weighted by molar-refractivity contribution is -0.128. The van der Waals surface area contributed by atoms with Crippen LogP contribution in [0.3, 0.4) is 0 Å². The maximum atomic E-state index is 12.0. The zero-order valence-corrected chi connectivity index (χ0v) is 13.1. The van der Waals surface area contributed by atoms with E-state index >= 15 is 0 Å². The molecule has 0 saturated carbocycles. The van der Waals surface area contributed by atoms with Gasteiger partial charge in [-0.15, -0.1) is 0 Å². The van der Waals surface area contributed by atoms with Gasteiger partial charge >= 0.3 is 0 Å². The smallest absolute Gasteiger partial charge is 0.244 e. The first-order chi connectivity index (χ1) is 10.0. The molecule has 3 N–H and O–H groups in total. The Bertz CT molecular complexity index is 423. The van der Waals surface area contributed by atoms with Crippen molar-refractivity contribution in [1.82, 2.24) is 5.32 Å². The molecule has 0 heterocycles. The number of primary amides is 1. The summed E-state index contributed by atoms with van der Waals surface area (Å²) in [6.45, 7) is 7.58. The van der Waals surface area contributed by atoms with Gasteiger partial charge in [0.2, 0.25) is 5.91 Å². The predicted molar refractivity (Wildman–Crippen MR) is 82.9 cm³/mol. The highest BCUT2D eigenvalue weighted by atomic mass is 16.5. The van der Waals surface area contributed by atoms with Gasteiger partial charge in [-0.05, 0) is 26.0 Å². The summed E-state index contributed by atoms with van der Waals surface area (Å²) in [5.41, 5.74) is 5.44. The van der Waals surface area contributed by atoms with Crippen LogP contribution in [0.15, 0.2) is 30.3 Å². The summed E-state index contributed by atoms with van der Waals surface area (Å²) >= 11 is 0. The third kappa shape index (κ3) is 5.12. The first-order valence-electron chi connectivity index (χ1n) is 7.32. The van der Waals surface area contributed by atoms with Crippen LogP contribution in [0.5, 0.6) is 0 Å². The van der Waals surface area contributed by atoms with Crippen LogP contribution < -0.4 is 11.1 Å². The molecule has 21 heavy (non-hydrogen) atoms. The molecule has 1 amide bonds. The number of amides is 1. The molecular formula is C16H26N2O3. The minimum atomic E-state index is -1.01. The second kappa shape index (κ2) is 8.77. The van der Waals surface area contributed by atoms with Crippen LogP contribution in [0.1, 0.15) is 26.3 Å². The maximum absolute atomic E-state index is 12.0. The lowest BCUT2D eigenvalue weighted by atomic mass is 9.89. The fraction of sp³-hybridized carbons (Fsp3) is 0.562. The van der Waals surface area contributed by atoms with Gasteiger partial charge in [-0.2, -0.15) is 0 Å². The molecule has 118 valence electrons. The highest BCUT2D eigenvalue weighted by Crippen LogP contribution is 2.21. The number of carbonyl (C=O) groups excluding carboxylic acids is 1. The van der Waals surface area contributed by atoms with E-state index in [1.807, 2.05) is 51.1 Å². The molecule has 0 saturated heterocycles. The number of nitrogens with two attached hydrogens (primary N) is 1. The van der Waals surface area contributed by atoms with Crippen LogP contribution in [0.4, 0.5) is 0 Å². The lowest BCUT2D eigenvalue weighted by Crippen LogP contribution is -2.56. The van der Waals surface area contributed by atoms with Gasteiger partial charge in [-0.1, -0.05) is 37.3 Å². The van der Waals surface area contributed by atoms with E-state index in [-0.39, 0.29) is 12.7 Å². The van der Waals surface area contributed by atoms with Gasteiger partial charge in [-0.3, -0.25) is 10.1 Å². The Morgan fingerprint density at radius 1 is 1.29 bits per heavy atom. The van der Waals surface area contributed by atoms with Gasteiger partial charge < -0.3 is 15.2 Å². The number of benzene rings is 1. The Hall–Kier alpha value is -1.43. The standard InChI is InChI=1S/C16H26N2O3/c1-4-18-16(15(17)19,14-8-6-5-7-9-14)12-20-10-11-21-13(2)3/h5-9,13,18H,4,10-12H2,1-3H3,(H2,17,19). The fourth-order valence-electron chi connectivity index (χ4n) is 2.13. The predicted octanol–water partition coefficient (Wildman–Crippen LogP) is 1.42. The van der Waals surface area contributed by atoms with E-state index in [4.69, 9.17) is 15.2 Å². The molecule has 0 fully saturated rings. The SMILES string of the molecule is CCNC(COCCOC(C)C)(C(N)=O)c1ccccc1. The first-order valence-corrected chi connectivity index (χ1v) is 7.32. The molecule has 1 unspecified atom stereocenters. The van der Waals surface area contributed by atoms with Crippen molar-refractivity contribution in [3.63, 3.8) is 0 Å². The quantitative estimate of drug-likeness (QED) is 0.640. The summed E-state index contributed by atoms with van der Waals surface area (Å²) in [4.78, 5) is 12.0. The van der Waals surface area contributed by atoms with E-state index in [1.54, 1.807) is 0 Å². The zero-order valence-electron chi connectivity index (χ0n) is 13.1. The fourth-order valence-corrected chi connectivity index (χ4v) is 2.13. The Labute approximate surface area is 126 Å². The Morgan fingerprint density at radius 2 is 1.95 bits per heavy atom. The average molecular weight is 294 g/mol. The molecule has 0 aliphatic rings. The van der Waals surface area contributed by atoms with E-state index in [0.29, 0.717) is 19.8 Å². The van der Waals surface area contributed by atoms with E-state index in [1.165, 1.54) is 0 Å². The number of hydrogen-bond acceptors (Lipinski definition) is 4. The highest BCUT2D eigenvalue weighted by molar-refractivity contribution is 5.86. The van der Waals surface area contributed by atoms with Crippen molar-refractivity contribution < 1.29 is 14.3 Å². The monoisotopic (exact) mass is 294 g/mol. The number of hydrogen-bond donors (Lipinski definition) is 2. The van der Waals surface area contributed by atoms with Crippen LogP contribution in [0.25, 0.3) is 0 Å². The van der Waals surface area contributed by atoms with Crippen LogP contribution >= 0.6 is 0 Å². The van der Waals surface area contributed by atoms with E-state index in [2.05, 4.69) is 5.32 Å². The van der Waals surface area contributed by atoms with Crippen molar-refractivity contribution in [1.29, 1.82) is 0 Å². The summed E-state index contributed by atoms with van der Waals surface area (Å²) < 4.78 is 11.1. The molecule has 5 nitrogen and oxygen atoms in total. The molecule has 0 radical (unpaired) electrons. The second-order valence-corrected chi connectivity index (χ2v) is 5.14. The molecule has 0 aliphatic carbocycles. The minimum Gasteiger partial charge on any atom is -0.376 e. The second-order valence-electron chi connectivity index (χ2n) is 5.14. The van der Waals surface area contributed by atoms with Crippen LogP contribution in [0.2, 0.25) is 0 Å². The molecule has 1 aromatic carbocycles. The van der Waals surface area contributed by atoms with Crippen molar-refractivity contribution in [2.75, 3.05) is 26.4 Å². The molecular weight excluding hydrogens is 268 g/mol. The summed E-state index contributed by atoms with van der Waals surface area (Å²) in [5.74, 6) is -0.444. The summed E-state index contributed by atoms with van der Waals surface area (Å²) in [6.07, 6.45) is 0.164. The minimum absolute atomic E-state index is 0.164. The van der Waals surface area contributed by atoms with Gasteiger partial charge in [0, 0.05) is 0 Å². The summed E-state index contributed by atoms with van der Waals surface area (Å²) in [5, 5.41) is 3.17. The molecule has 1 atom stereocenters. The van der Waals surface area contributed by atoms with Gasteiger partial charge in [0.25, 0.3) is 0 Å². The topological polar surface area (TPSA) is 73.6 Å². The molecule has 1 aromatic rings. The van der Waals surface area contributed by atoms with Gasteiger partial charge in [-0.25, -0.2) is 0 Å². The largest absolute Gasteiger partial charge is 0.376 e. The van der Waals surface area contributed by atoms with Gasteiger partial charge in [0.15, 0.2) is 0 Å². The van der Waals surface area contributed by atoms with E-state index in [9.17, 15) is 4.79 Å². The molecule has 1 rings (SSSR count). The number of likely N-dealkylation sites (N-methyl/N-ethyl adjacent to an activating group) is 1. The summed E-state index contributed by atoms with van der Waals surface area (Å²) in [6, 6.07) is 9.42. The van der Waals surface area contributed by atoms with Gasteiger partial charge in [0.05, 0.1) is 25.9 Å². The van der Waals surface area contributed by atoms with Crippen LogP contribution in [-0.4, -0.2) is 38.4 Å². The third-order valence-corrected chi connectivity index (χ3v) is 3.16.